The maximum absolute atomic E-state index is 11.2. The first-order valence-electron chi connectivity index (χ1n) is 4.74. The molecule has 1 fully saturated rings. The van der Waals surface area contributed by atoms with Crippen molar-refractivity contribution < 1.29 is 9.90 Å². The Morgan fingerprint density at radius 1 is 1.54 bits per heavy atom. The summed E-state index contributed by atoms with van der Waals surface area (Å²) in [6, 6.07) is 0.132. The Bertz CT molecular complexity index is 213. The number of carbonyl (C=O) groups is 1. The van der Waals surface area contributed by atoms with Gasteiger partial charge in [0.1, 0.15) is 0 Å². The molecule has 0 aromatic carbocycles. The highest BCUT2D eigenvalue weighted by Gasteiger charge is 2.21. The summed E-state index contributed by atoms with van der Waals surface area (Å²) >= 11 is 0. The van der Waals surface area contributed by atoms with Crippen LogP contribution >= 0.6 is 0 Å². The molecule has 0 heterocycles. The molecular formula is C10H17NO2. The van der Waals surface area contributed by atoms with Crippen LogP contribution < -0.4 is 5.32 Å². The van der Waals surface area contributed by atoms with Crippen molar-refractivity contribution in [2.24, 2.45) is 0 Å². The highest BCUT2D eigenvalue weighted by Crippen LogP contribution is 2.18. The lowest BCUT2D eigenvalue weighted by Gasteiger charge is -2.26. The predicted molar refractivity (Wildman–Crippen MR) is 51.2 cm³/mol. The first kappa shape index (κ1) is 10.3. The van der Waals surface area contributed by atoms with E-state index in [0.29, 0.717) is 12.0 Å². The molecule has 2 unspecified atom stereocenters. The summed E-state index contributed by atoms with van der Waals surface area (Å²) in [7, 11) is 0. The number of nitrogens with one attached hydrogen (secondary N) is 1. The Kier molecular flexibility index (Phi) is 3.48. The van der Waals surface area contributed by atoms with Crippen molar-refractivity contribution in [1.29, 1.82) is 0 Å². The Morgan fingerprint density at radius 2 is 2.23 bits per heavy atom. The number of rotatable bonds is 2. The minimum atomic E-state index is -0.246. The van der Waals surface area contributed by atoms with Crippen molar-refractivity contribution in [3.63, 3.8) is 0 Å². The molecule has 0 aromatic rings. The first-order valence-corrected chi connectivity index (χ1v) is 4.74. The zero-order valence-electron chi connectivity index (χ0n) is 8.05. The number of amides is 1. The van der Waals surface area contributed by atoms with Crippen LogP contribution in [-0.4, -0.2) is 23.2 Å². The van der Waals surface area contributed by atoms with E-state index in [0.717, 1.165) is 19.3 Å². The molecular weight excluding hydrogens is 166 g/mol. The zero-order valence-corrected chi connectivity index (χ0v) is 8.05. The molecule has 0 spiro atoms. The molecule has 0 radical (unpaired) electrons. The largest absolute Gasteiger partial charge is 0.393 e. The molecule has 0 bridgehead atoms. The number of carbonyl (C=O) groups excluding carboxylic acids is 1. The fourth-order valence-electron chi connectivity index (χ4n) is 1.60. The zero-order chi connectivity index (χ0) is 9.84. The van der Waals surface area contributed by atoms with E-state index in [1.54, 1.807) is 6.92 Å². The molecule has 1 amide bonds. The summed E-state index contributed by atoms with van der Waals surface area (Å²) < 4.78 is 0. The Balaban J connectivity index is 2.36. The minimum Gasteiger partial charge on any atom is -0.393 e. The average Bonchev–Trinajstić information content (AvgIpc) is 2.04. The van der Waals surface area contributed by atoms with E-state index < -0.39 is 0 Å². The third-order valence-corrected chi connectivity index (χ3v) is 2.37. The average molecular weight is 183 g/mol. The molecule has 0 saturated heterocycles. The van der Waals surface area contributed by atoms with Gasteiger partial charge in [0.15, 0.2) is 0 Å². The molecule has 0 aliphatic heterocycles. The lowest BCUT2D eigenvalue weighted by Crippen LogP contribution is -2.39. The van der Waals surface area contributed by atoms with Gasteiger partial charge in [0, 0.05) is 11.6 Å². The number of aliphatic hydroxyl groups is 1. The van der Waals surface area contributed by atoms with Crippen molar-refractivity contribution in [2.75, 3.05) is 0 Å². The Morgan fingerprint density at radius 3 is 2.77 bits per heavy atom. The highest BCUT2D eigenvalue weighted by atomic mass is 16.3. The van der Waals surface area contributed by atoms with Crippen LogP contribution in [0.3, 0.4) is 0 Å². The van der Waals surface area contributed by atoms with E-state index in [9.17, 15) is 9.90 Å². The van der Waals surface area contributed by atoms with Gasteiger partial charge in [-0.2, -0.15) is 0 Å². The van der Waals surface area contributed by atoms with Crippen LogP contribution in [0.5, 0.6) is 0 Å². The van der Waals surface area contributed by atoms with Gasteiger partial charge in [0.05, 0.1) is 6.10 Å². The van der Waals surface area contributed by atoms with Crippen molar-refractivity contribution in [3.05, 3.63) is 12.2 Å². The van der Waals surface area contributed by atoms with Crippen molar-refractivity contribution in [3.8, 4) is 0 Å². The van der Waals surface area contributed by atoms with Crippen molar-refractivity contribution in [2.45, 2.75) is 44.8 Å². The summed E-state index contributed by atoms with van der Waals surface area (Å²) in [5.74, 6) is -0.0981. The molecule has 1 aliphatic carbocycles. The van der Waals surface area contributed by atoms with E-state index in [1.165, 1.54) is 0 Å². The fraction of sp³-hybridized carbons (Fsp3) is 0.700. The van der Waals surface area contributed by atoms with Crippen LogP contribution in [0.1, 0.15) is 32.6 Å². The van der Waals surface area contributed by atoms with E-state index >= 15 is 0 Å². The normalized spacial score (nSPS) is 28.2. The number of aliphatic hydroxyl groups excluding tert-OH is 1. The van der Waals surface area contributed by atoms with Gasteiger partial charge >= 0.3 is 0 Å². The van der Waals surface area contributed by atoms with Crippen LogP contribution in [0.4, 0.5) is 0 Å². The molecule has 1 aliphatic rings. The topological polar surface area (TPSA) is 49.3 Å². The number of hydrogen-bond acceptors (Lipinski definition) is 2. The van der Waals surface area contributed by atoms with Crippen LogP contribution in [-0.2, 0) is 4.79 Å². The molecule has 1 rings (SSSR count). The third-order valence-electron chi connectivity index (χ3n) is 2.37. The molecule has 3 nitrogen and oxygen atoms in total. The van der Waals surface area contributed by atoms with Crippen LogP contribution in [0.25, 0.3) is 0 Å². The first-order chi connectivity index (χ1) is 6.09. The second kappa shape index (κ2) is 4.42. The van der Waals surface area contributed by atoms with E-state index in [1.807, 2.05) is 0 Å². The quantitative estimate of drug-likeness (QED) is 0.627. The lowest BCUT2D eigenvalue weighted by molar-refractivity contribution is -0.118. The molecule has 13 heavy (non-hydrogen) atoms. The third kappa shape index (κ3) is 3.19. The maximum Gasteiger partial charge on any atom is 0.246 e. The van der Waals surface area contributed by atoms with Gasteiger partial charge in [0.2, 0.25) is 5.91 Å². The fourth-order valence-corrected chi connectivity index (χ4v) is 1.60. The van der Waals surface area contributed by atoms with E-state index in [2.05, 4.69) is 11.9 Å². The standard InChI is InChI=1S/C10H17NO2/c1-7(2)10(13)11-8-4-3-5-9(12)6-8/h8-9,12H,1,3-6H2,2H3,(H,11,13). The minimum absolute atomic E-state index is 0.0981. The Labute approximate surface area is 78.8 Å². The van der Waals surface area contributed by atoms with Crippen LogP contribution in [0, 0.1) is 0 Å². The van der Waals surface area contributed by atoms with Gasteiger partial charge in [-0.05, 0) is 32.6 Å². The summed E-state index contributed by atoms with van der Waals surface area (Å²) in [5, 5.41) is 12.2. The van der Waals surface area contributed by atoms with Gasteiger partial charge in [0.25, 0.3) is 0 Å². The summed E-state index contributed by atoms with van der Waals surface area (Å²) in [6.07, 6.45) is 3.25. The Hall–Kier alpha value is -0.830. The van der Waals surface area contributed by atoms with Gasteiger partial charge in [-0.3, -0.25) is 4.79 Å². The molecule has 2 atom stereocenters. The van der Waals surface area contributed by atoms with Gasteiger partial charge in [-0.15, -0.1) is 0 Å². The van der Waals surface area contributed by atoms with E-state index in [-0.39, 0.29) is 18.1 Å². The predicted octanol–water partition coefficient (Wildman–Crippen LogP) is 0.982. The highest BCUT2D eigenvalue weighted by molar-refractivity contribution is 5.92. The van der Waals surface area contributed by atoms with Gasteiger partial charge < -0.3 is 10.4 Å². The molecule has 2 N–H and O–H groups in total. The molecule has 0 aromatic heterocycles. The molecule has 74 valence electrons. The molecule has 1 saturated carbocycles. The van der Waals surface area contributed by atoms with Crippen molar-refractivity contribution in [1.82, 2.24) is 5.32 Å². The summed E-state index contributed by atoms with van der Waals surface area (Å²) in [6.45, 7) is 5.25. The van der Waals surface area contributed by atoms with Gasteiger partial charge in [-0.25, -0.2) is 0 Å². The second-order valence-electron chi connectivity index (χ2n) is 3.77. The SMILES string of the molecule is C=C(C)C(=O)NC1CCCC(O)C1. The second-order valence-corrected chi connectivity index (χ2v) is 3.77. The van der Waals surface area contributed by atoms with Crippen molar-refractivity contribution >= 4 is 5.91 Å². The lowest BCUT2D eigenvalue weighted by atomic mass is 9.93. The van der Waals surface area contributed by atoms with E-state index in [4.69, 9.17) is 0 Å². The smallest absolute Gasteiger partial charge is 0.246 e. The molecule has 3 heteroatoms. The maximum atomic E-state index is 11.2. The van der Waals surface area contributed by atoms with Crippen LogP contribution in [0.15, 0.2) is 12.2 Å². The van der Waals surface area contributed by atoms with Gasteiger partial charge in [-0.1, -0.05) is 6.58 Å². The monoisotopic (exact) mass is 183 g/mol. The summed E-state index contributed by atoms with van der Waals surface area (Å²) in [4.78, 5) is 11.2. The summed E-state index contributed by atoms with van der Waals surface area (Å²) in [5.41, 5.74) is 0.528. The van der Waals surface area contributed by atoms with Crippen LogP contribution in [0.2, 0.25) is 0 Å². The number of hydrogen-bond donors (Lipinski definition) is 2.